The van der Waals surface area contributed by atoms with E-state index in [0.717, 1.165) is 30.5 Å². The molecule has 2 aliphatic heterocycles. The van der Waals surface area contributed by atoms with Gasteiger partial charge < -0.3 is 14.4 Å². The first-order chi connectivity index (χ1) is 16.5. The van der Waals surface area contributed by atoms with Crippen molar-refractivity contribution in [1.29, 1.82) is 0 Å². The number of carbonyl (C=O) groups excluding carboxylic acids is 1. The molecule has 0 N–H and O–H groups in total. The van der Waals surface area contributed by atoms with Gasteiger partial charge in [0.1, 0.15) is 17.1 Å². The van der Waals surface area contributed by atoms with Crippen molar-refractivity contribution in [2.24, 2.45) is 5.41 Å². The number of amides is 1. The zero-order chi connectivity index (χ0) is 23.5. The highest BCUT2D eigenvalue weighted by Gasteiger charge is 2.43. The maximum Gasteiger partial charge on any atom is 0.259 e. The van der Waals surface area contributed by atoms with Gasteiger partial charge in [-0.1, -0.05) is 12.1 Å². The van der Waals surface area contributed by atoms with E-state index in [-0.39, 0.29) is 29.1 Å². The van der Waals surface area contributed by atoms with Gasteiger partial charge in [-0.25, -0.2) is 9.37 Å². The standard InChI is InChI=1S/C27H28FN3O3/c1-19-7-8-22(17-30-19)34-25-24(6-3-11-29-25)26(32)31-12-9-27(10-13-31)16-23(33-18-27)15-20-4-2-5-21(28)14-20/h2-8,11,14,17,23H,9-10,12-13,15-16,18H2,1H3. The van der Waals surface area contributed by atoms with Gasteiger partial charge in [-0.15, -0.1) is 0 Å². The molecule has 2 saturated heterocycles. The molecule has 0 bridgehead atoms. The fourth-order valence-corrected chi connectivity index (χ4v) is 4.92. The van der Waals surface area contributed by atoms with Gasteiger partial charge in [0.25, 0.3) is 5.91 Å². The lowest BCUT2D eigenvalue weighted by atomic mass is 9.76. The quantitative estimate of drug-likeness (QED) is 0.537. The number of benzene rings is 1. The molecule has 2 fully saturated rings. The van der Waals surface area contributed by atoms with Gasteiger partial charge in [-0.05, 0) is 80.0 Å². The van der Waals surface area contributed by atoms with E-state index in [1.165, 1.54) is 6.07 Å². The summed E-state index contributed by atoms with van der Waals surface area (Å²) in [6.45, 7) is 3.92. The largest absolute Gasteiger partial charge is 0.437 e. The lowest BCUT2D eigenvalue weighted by Crippen LogP contribution is -2.43. The second kappa shape index (κ2) is 9.50. The van der Waals surface area contributed by atoms with Crippen LogP contribution in [0, 0.1) is 18.2 Å². The number of nitrogens with zero attached hydrogens (tertiary/aromatic N) is 3. The van der Waals surface area contributed by atoms with Gasteiger partial charge in [0.15, 0.2) is 0 Å². The highest BCUT2D eigenvalue weighted by atomic mass is 19.1. The Morgan fingerprint density at radius 1 is 1.18 bits per heavy atom. The summed E-state index contributed by atoms with van der Waals surface area (Å²) in [5.74, 6) is 0.545. The Kier molecular flexibility index (Phi) is 6.28. The third-order valence-corrected chi connectivity index (χ3v) is 6.85. The van der Waals surface area contributed by atoms with Crippen LogP contribution in [0.2, 0.25) is 0 Å². The molecule has 7 heteroatoms. The number of carbonyl (C=O) groups is 1. The lowest BCUT2D eigenvalue weighted by molar-refractivity contribution is 0.0494. The van der Waals surface area contributed by atoms with E-state index in [1.807, 2.05) is 30.0 Å². The van der Waals surface area contributed by atoms with Crippen molar-refractivity contribution in [3.05, 3.63) is 83.6 Å². The molecule has 6 nitrogen and oxygen atoms in total. The number of hydrogen-bond acceptors (Lipinski definition) is 5. The van der Waals surface area contributed by atoms with Crippen molar-refractivity contribution in [1.82, 2.24) is 14.9 Å². The molecule has 3 aromatic rings. The molecule has 4 heterocycles. The molecule has 0 saturated carbocycles. The molecule has 0 radical (unpaired) electrons. The molecule has 2 aromatic heterocycles. The highest BCUT2D eigenvalue weighted by Crippen LogP contribution is 2.43. The monoisotopic (exact) mass is 461 g/mol. The number of piperidine rings is 1. The second-order valence-electron chi connectivity index (χ2n) is 9.36. The summed E-state index contributed by atoms with van der Waals surface area (Å²) >= 11 is 0. The van der Waals surface area contributed by atoms with Crippen LogP contribution in [0.15, 0.2) is 60.9 Å². The third kappa shape index (κ3) is 4.94. The Labute approximate surface area is 198 Å². The Hall–Kier alpha value is -3.32. The fraction of sp³-hybridized carbons (Fsp3) is 0.370. The molecular weight excluding hydrogens is 433 g/mol. The molecule has 1 unspecified atom stereocenters. The molecule has 1 aromatic carbocycles. The number of ether oxygens (including phenoxy) is 2. The lowest BCUT2D eigenvalue weighted by Gasteiger charge is -2.38. The van der Waals surface area contributed by atoms with Crippen molar-refractivity contribution in [2.75, 3.05) is 19.7 Å². The highest BCUT2D eigenvalue weighted by molar-refractivity contribution is 5.96. The van der Waals surface area contributed by atoms with E-state index in [4.69, 9.17) is 9.47 Å². The van der Waals surface area contributed by atoms with Crippen LogP contribution >= 0.6 is 0 Å². The number of halogens is 1. The zero-order valence-corrected chi connectivity index (χ0v) is 19.2. The van der Waals surface area contributed by atoms with E-state index in [2.05, 4.69) is 9.97 Å². The Bertz CT molecular complexity index is 1160. The zero-order valence-electron chi connectivity index (χ0n) is 19.2. The summed E-state index contributed by atoms with van der Waals surface area (Å²) in [4.78, 5) is 23.7. The Morgan fingerprint density at radius 2 is 2.03 bits per heavy atom. The van der Waals surface area contributed by atoms with Crippen LogP contribution in [-0.2, 0) is 11.2 Å². The van der Waals surface area contributed by atoms with Crippen LogP contribution in [0.25, 0.3) is 0 Å². The number of aryl methyl sites for hydroxylation is 1. The first-order valence-electron chi connectivity index (χ1n) is 11.7. The summed E-state index contributed by atoms with van der Waals surface area (Å²) in [6, 6.07) is 13.9. The topological polar surface area (TPSA) is 64.5 Å². The SMILES string of the molecule is Cc1ccc(Oc2ncccc2C(=O)N2CCC3(CC2)COC(Cc2cccc(F)c2)C3)cn1. The average Bonchev–Trinajstić information content (AvgIpc) is 3.22. The maximum atomic E-state index is 13.5. The summed E-state index contributed by atoms with van der Waals surface area (Å²) < 4.78 is 25.5. The Balaban J connectivity index is 1.21. The van der Waals surface area contributed by atoms with Crippen LogP contribution in [0.4, 0.5) is 4.39 Å². The predicted molar refractivity (Wildman–Crippen MR) is 125 cm³/mol. The molecular formula is C27H28FN3O3. The average molecular weight is 462 g/mol. The van der Waals surface area contributed by atoms with Gasteiger partial charge in [0.2, 0.25) is 5.88 Å². The van der Waals surface area contributed by atoms with Crippen molar-refractivity contribution >= 4 is 5.91 Å². The molecule has 1 spiro atoms. The summed E-state index contributed by atoms with van der Waals surface area (Å²) in [5, 5.41) is 0. The molecule has 34 heavy (non-hydrogen) atoms. The van der Waals surface area contributed by atoms with Crippen molar-refractivity contribution < 1.29 is 18.7 Å². The van der Waals surface area contributed by atoms with E-state index >= 15 is 0 Å². The minimum Gasteiger partial charge on any atom is -0.437 e. The number of pyridine rings is 2. The third-order valence-electron chi connectivity index (χ3n) is 6.85. The molecule has 2 aliphatic rings. The molecule has 5 rings (SSSR count). The van der Waals surface area contributed by atoms with Crippen LogP contribution in [0.1, 0.15) is 40.9 Å². The fourth-order valence-electron chi connectivity index (χ4n) is 4.92. The van der Waals surface area contributed by atoms with Crippen molar-refractivity contribution in [3.63, 3.8) is 0 Å². The van der Waals surface area contributed by atoms with Gasteiger partial charge in [-0.3, -0.25) is 9.78 Å². The first-order valence-corrected chi connectivity index (χ1v) is 11.7. The van der Waals surface area contributed by atoms with Gasteiger partial charge >= 0.3 is 0 Å². The van der Waals surface area contributed by atoms with E-state index in [9.17, 15) is 9.18 Å². The van der Waals surface area contributed by atoms with Gasteiger partial charge in [0.05, 0.1) is 18.9 Å². The van der Waals surface area contributed by atoms with Crippen LogP contribution in [-0.4, -0.2) is 46.6 Å². The summed E-state index contributed by atoms with van der Waals surface area (Å²) in [5.41, 5.74) is 2.38. The normalized spacial score (nSPS) is 19.4. The van der Waals surface area contributed by atoms with Crippen molar-refractivity contribution in [2.45, 2.75) is 38.7 Å². The van der Waals surface area contributed by atoms with Crippen LogP contribution < -0.4 is 4.74 Å². The van der Waals surface area contributed by atoms with E-state index in [1.54, 1.807) is 36.7 Å². The smallest absolute Gasteiger partial charge is 0.259 e. The summed E-state index contributed by atoms with van der Waals surface area (Å²) in [7, 11) is 0. The second-order valence-corrected chi connectivity index (χ2v) is 9.36. The number of aromatic nitrogens is 2. The van der Waals surface area contributed by atoms with E-state index < -0.39 is 0 Å². The Morgan fingerprint density at radius 3 is 2.79 bits per heavy atom. The maximum absolute atomic E-state index is 13.5. The molecule has 0 aliphatic carbocycles. The minimum absolute atomic E-state index is 0.0757. The predicted octanol–water partition coefficient (Wildman–Crippen LogP) is 4.97. The molecule has 176 valence electrons. The summed E-state index contributed by atoms with van der Waals surface area (Å²) in [6.07, 6.45) is 6.76. The number of rotatable bonds is 5. The minimum atomic E-state index is -0.213. The molecule has 1 amide bonds. The first kappa shape index (κ1) is 22.5. The van der Waals surface area contributed by atoms with Gasteiger partial charge in [0, 0.05) is 25.0 Å². The number of hydrogen-bond donors (Lipinski definition) is 0. The molecule has 1 atom stereocenters. The van der Waals surface area contributed by atoms with E-state index in [0.29, 0.717) is 37.4 Å². The number of likely N-dealkylation sites (tertiary alicyclic amines) is 1. The van der Waals surface area contributed by atoms with Crippen LogP contribution in [0.3, 0.4) is 0 Å². The van der Waals surface area contributed by atoms with Gasteiger partial charge in [-0.2, -0.15) is 0 Å². The van der Waals surface area contributed by atoms with Crippen molar-refractivity contribution in [3.8, 4) is 11.6 Å². The van der Waals surface area contributed by atoms with Crippen LogP contribution in [0.5, 0.6) is 11.6 Å².